The summed E-state index contributed by atoms with van der Waals surface area (Å²) in [4.78, 5) is 0. The van der Waals surface area contributed by atoms with Gasteiger partial charge in [-0.2, -0.15) is 0 Å². The van der Waals surface area contributed by atoms with E-state index in [1.54, 1.807) is 0 Å². The lowest BCUT2D eigenvalue weighted by atomic mass is 9.86. The van der Waals surface area contributed by atoms with Crippen LogP contribution in [0.15, 0.2) is 18.2 Å². The van der Waals surface area contributed by atoms with Gasteiger partial charge in [0.2, 0.25) is 0 Å². The third kappa shape index (κ3) is 1.61. The van der Waals surface area contributed by atoms with Gasteiger partial charge in [-0.1, -0.05) is 18.2 Å². The zero-order valence-electron chi connectivity index (χ0n) is 8.22. The largest absolute Gasteiger partial charge is 0.324 e. The third-order valence-corrected chi connectivity index (χ3v) is 2.92. The van der Waals surface area contributed by atoms with Gasteiger partial charge in [0, 0.05) is 6.04 Å². The van der Waals surface area contributed by atoms with Crippen molar-refractivity contribution in [3.8, 4) is 0 Å². The molecular formula is C12H17N. The smallest absolute Gasteiger partial charge is 0.0268 e. The van der Waals surface area contributed by atoms with Crippen LogP contribution >= 0.6 is 0 Å². The third-order valence-electron chi connectivity index (χ3n) is 2.92. The number of aryl methyl sites for hydroxylation is 1. The normalized spacial score (nSPS) is 18.0. The molecule has 1 aromatic rings. The maximum atomic E-state index is 5.94. The van der Waals surface area contributed by atoms with Crippen LogP contribution in [0.4, 0.5) is 0 Å². The van der Waals surface area contributed by atoms with Gasteiger partial charge in [0.05, 0.1) is 0 Å². The van der Waals surface area contributed by atoms with E-state index in [9.17, 15) is 0 Å². The molecule has 1 aliphatic carbocycles. The van der Waals surface area contributed by atoms with Crippen LogP contribution in [0.1, 0.15) is 42.5 Å². The van der Waals surface area contributed by atoms with E-state index in [-0.39, 0.29) is 6.04 Å². The first-order chi connectivity index (χ1) is 6.29. The molecule has 0 saturated carbocycles. The van der Waals surface area contributed by atoms with Crippen LogP contribution in [0.25, 0.3) is 0 Å². The summed E-state index contributed by atoms with van der Waals surface area (Å²) < 4.78 is 0. The van der Waals surface area contributed by atoms with Crippen molar-refractivity contribution in [2.45, 2.75) is 38.6 Å². The van der Waals surface area contributed by atoms with E-state index in [0.717, 1.165) is 0 Å². The second kappa shape index (κ2) is 3.51. The van der Waals surface area contributed by atoms with Gasteiger partial charge in [0.15, 0.2) is 0 Å². The Labute approximate surface area is 80.0 Å². The molecule has 1 aliphatic rings. The molecule has 13 heavy (non-hydrogen) atoms. The first kappa shape index (κ1) is 8.76. The molecular weight excluding hydrogens is 158 g/mol. The lowest BCUT2D eigenvalue weighted by Crippen LogP contribution is -2.12. The average molecular weight is 175 g/mol. The van der Waals surface area contributed by atoms with Gasteiger partial charge < -0.3 is 5.73 Å². The van der Waals surface area contributed by atoms with Gasteiger partial charge in [0.1, 0.15) is 0 Å². The molecule has 1 heteroatoms. The molecule has 0 aromatic heterocycles. The Bertz CT molecular complexity index is 302. The van der Waals surface area contributed by atoms with Crippen molar-refractivity contribution in [2.75, 3.05) is 0 Å². The van der Waals surface area contributed by atoms with E-state index in [1.165, 1.54) is 42.4 Å². The van der Waals surface area contributed by atoms with Gasteiger partial charge in [-0.25, -0.2) is 0 Å². The number of hydrogen-bond acceptors (Lipinski definition) is 1. The Morgan fingerprint density at radius 1 is 1.23 bits per heavy atom. The Hall–Kier alpha value is -0.820. The van der Waals surface area contributed by atoms with Gasteiger partial charge in [-0.05, 0) is 49.3 Å². The van der Waals surface area contributed by atoms with Crippen molar-refractivity contribution in [1.82, 2.24) is 0 Å². The topological polar surface area (TPSA) is 26.0 Å². The molecule has 0 spiro atoms. The highest BCUT2D eigenvalue weighted by Crippen LogP contribution is 2.27. The summed E-state index contributed by atoms with van der Waals surface area (Å²) in [5.74, 6) is 0. The molecule has 0 aliphatic heterocycles. The molecule has 0 heterocycles. The van der Waals surface area contributed by atoms with Crippen molar-refractivity contribution in [2.24, 2.45) is 5.73 Å². The van der Waals surface area contributed by atoms with Gasteiger partial charge >= 0.3 is 0 Å². The fourth-order valence-corrected chi connectivity index (χ4v) is 2.24. The summed E-state index contributed by atoms with van der Waals surface area (Å²) in [5.41, 5.74) is 10.4. The lowest BCUT2D eigenvalue weighted by Gasteiger charge is -2.20. The minimum Gasteiger partial charge on any atom is -0.324 e. The van der Waals surface area contributed by atoms with Crippen molar-refractivity contribution < 1.29 is 0 Å². The van der Waals surface area contributed by atoms with Gasteiger partial charge in [0.25, 0.3) is 0 Å². The highest BCUT2D eigenvalue weighted by Gasteiger charge is 2.14. The number of hydrogen-bond donors (Lipinski definition) is 1. The van der Waals surface area contributed by atoms with E-state index >= 15 is 0 Å². The molecule has 2 rings (SSSR count). The Morgan fingerprint density at radius 3 is 2.77 bits per heavy atom. The van der Waals surface area contributed by atoms with E-state index in [4.69, 9.17) is 5.73 Å². The monoisotopic (exact) mass is 175 g/mol. The summed E-state index contributed by atoms with van der Waals surface area (Å²) in [6, 6.07) is 6.76. The number of nitrogens with two attached hydrogens (primary N) is 1. The summed E-state index contributed by atoms with van der Waals surface area (Å²) in [6.45, 7) is 2.07. The highest BCUT2D eigenvalue weighted by atomic mass is 14.6. The van der Waals surface area contributed by atoms with Crippen LogP contribution < -0.4 is 5.73 Å². The minimum atomic E-state index is 0.188. The fraction of sp³-hybridized carbons (Fsp3) is 0.500. The predicted octanol–water partition coefficient (Wildman–Crippen LogP) is 2.59. The molecule has 0 bridgehead atoms. The maximum absolute atomic E-state index is 5.94. The van der Waals surface area contributed by atoms with Crippen molar-refractivity contribution in [1.29, 1.82) is 0 Å². The van der Waals surface area contributed by atoms with Gasteiger partial charge in [-0.15, -0.1) is 0 Å². The highest BCUT2D eigenvalue weighted by molar-refractivity contribution is 5.38. The summed E-state index contributed by atoms with van der Waals surface area (Å²) in [6.07, 6.45) is 5.15. The molecule has 1 atom stereocenters. The van der Waals surface area contributed by atoms with Crippen LogP contribution in [0.2, 0.25) is 0 Å². The molecule has 1 nitrogen and oxygen atoms in total. The lowest BCUT2D eigenvalue weighted by molar-refractivity contribution is 0.667. The van der Waals surface area contributed by atoms with Crippen LogP contribution in [0.3, 0.4) is 0 Å². The van der Waals surface area contributed by atoms with Crippen LogP contribution in [0, 0.1) is 0 Å². The predicted molar refractivity (Wildman–Crippen MR) is 55.7 cm³/mol. The zero-order chi connectivity index (χ0) is 9.26. The Kier molecular flexibility index (Phi) is 2.36. The van der Waals surface area contributed by atoms with E-state index < -0.39 is 0 Å². The maximum Gasteiger partial charge on any atom is 0.0268 e. The summed E-state index contributed by atoms with van der Waals surface area (Å²) in [7, 11) is 0. The molecule has 1 unspecified atom stereocenters. The second-order valence-corrected chi connectivity index (χ2v) is 3.98. The first-order valence-corrected chi connectivity index (χ1v) is 5.15. The van der Waals surface area contributed by atoms with E-state index in [1.807, 2.05) is 0 Å². The first-order valence-electron chi connectivity index (χ1n) is 5.15. The molecule has 0 amide bonds. The molecule has 0 radical (unpaired) electrons. The van der Waals surface area contributed by atoms with Crippen LogP contribution in [0.5, 0.6) is 0 Å². The van der Waals surface area contributed by atoms with Gasteiger partial charge in [-0.3, -0.25) is 0 Å². The quantitative estimate of drug-likeness (QED) is 0.697. The Morgan fingerprint density at radius 2 is 2.00 bits per heavy atom. The van der Waals surface area contributed by atoms with Crippen molar-refractivity contribution >= 4 is 0 Å². The minimum absolute atomic E-state index is 0.188. The standard InChI is InChI=1S/C12H17N/c1-9(13)11-8-4-6-10-5-2-3-7-12(10)11/h4,6,8-9H,2-3,5,7,13H2,1H3. The summed E-state index contributed by atoms with van der Waals surface area (Å²) in [5, 5.41) is 0. The molecule has 0 fully saturated rings. The molecule has 2 N–H and O–H groups in total. The van der Waals surface area contributed by atoms with Crippen LogP contribution in [-0.4, -0.2) is 0 Å². The fourth-order valence-electron chi connectivity index (χ4n) is 2.24. The van der Waals surface area contributed by atoms with Crippen molar-refractivity contribution in [3.63, 3.8) is 0 Å². The molecule has 70 valence electrons. The van der Waals surface area contributed by atoms with Crippen molar-refractivity contribution in [3.05, 3.63) is 34.9 Å². The van der Waals surface area contributed by atoms with E-state index in [2.05, 4.69) is 25.1 Å². The molecule has 0 saturated heterocycles. The Balaban J connectivity index is 2.46. The second-order valence-electron chi connectivity index (χ2n) is 3.98. The SMILES string of the molecule is CC(N)c1cccc2c1CCCC2. The number of fused-ring (bicyclic) bond motifs is 1. The molecule has 1 aromatic carbocycles. The summed E-state index contributed by atoms with van der Waals surface area (Å²) >= 11 is 0. The zero-order valence-corrected chi connectivity index (χ0v) is 8.22. The van der Waals surface area contributed by atoms with E-state index in [0.29, 0.717) is 0 Å². The number of benzene rings is 1. The average Bonchev–Trinajstić information content (AvgIpc) is 2.17. The number of rotatable bonds is 1. The van der Waals surface area contributed by atoms with Crippen LogP contribution in [-0.2, 0) is 12.8 Å².